The number of nitrogens with two attached hydrogens (primary N) is 1. The fourth-order valence-corrected chi connectivity index (χ4v) is 6.12. The highest BCUT2D eigenvalue weighted by Crippen LogP contribution is 2.51. The number of anilines is 3. The molecule has 1 aliphatic heterocycles. The number of ketones is 1. The standard InChI is InChI=1S/C29H23Cl2N3O2S/c1-16-22(28(36)34-19-10-3-2-4-11-19)23(20-12-5-6-13-21(20)31)24-25(32)27(37-29(24)33-16)26(35)17-8-7-9-18(30)15-14-17/h2-6,8-15,23,33H,7,32H2,1H3,(H,34,36). The third-order valence-corrected chi connectivity index (χ3v) is 8.06. The van der Waals surface area contributed by atoms with Crippen LogP contribution >= 0.6 is 34.5 Å². The van der Waals surface area contributed by atoms with E-state index < -0.39 is 5.92 Å². The van der Waals surface area contributed by atoms with E-state index in [1.165, 1.54) is 11.3 Å². The number of fused-ring (bicyclic) bond motifs is 1. The molecule has 1 amide bonds. The molecule has 0 saturated carbocycles. The molecule has 2 aliphatic rings. The summed E-state index contributed by atoms with van der Waals surface area (Å²) in [7, 11) is 0. The fourth-order valence-electron chi connectivity index (χ4n) is 4.55. The van der Waals surface area contributed by atoms with E-state index in [0.717, 1.165) is 5.56 Å². The zero-order valence-corrected chi connectivity index (χ0v) is 22.2. The lowest BCUT2D eigenvalue weighted by molar-refractivity contribution is -0.113. The minimum Gasteiger partial charge on any atom is -0.397 e. The molecule has 1 atom stereocenters. The van der Waals surface area contributed by atoms with Gasteiger partial charge in [-0.15, -0.1) is 11.3 Å². The zero-order valence-electron chi connectivity index (χ0n) is 19.8. The van der Waals surface area contributed by atoms with Gasteiger partial charge in [-0.2, -0.15) is 0 Å². The number of benzene rings is 2. The largest absolute Gasteiger partial charge is 0.397 e. The molecule has 186 valence electrons. The Morgan fingerprint density at radius 1 is 1.03 bits per heavy atom. The number of halogens is 2. The first-order valence-corrected chi connectivity index (χ1v) is 13.2. The van der Waals surface area contributed by atoms with Crippen molar-refractivity contribution in [3.63, 3.8) is 0 Å². The molecule has 0 saturated heterocycles. The van der Waals surface area contributed by atoms with Gasteiger partial charge in [0.2, 0.25) is 5.78 Å². The quantitative estimate of drug-likeness (QED) is 0.286. The van der Waals surface area contributed by atoms with Gasteiger partial charge in [0.25, 0.3) is 5.91 Å². The van der Waals surface area contributed by atoms with Crippen molar-refractivity contribution in [2.45, 2.75) is 19.3 Å². The monoisotopic (exact) mass is 547 g/mol. The number of nitrogens with one attached hydrogen (secondary N) is 2. The minimum atomic E-state index is -0.568. The van der Waals surface area contributed by atoms with Crippen LogP contribution in [-0.2, 0) is 4.79 Å². The van der Waals surface area contributed by atoms with Gasteiger partial charge in [0, 0.05) is 44.1 Å². The van der Waals surface area contributed by atoms with E-state index in [4.69, 9.17) is 28.9 Å². The molecule has 5 rings (SSSR count). The van der Waals surface area contributed by atoms with Crippen LogP contribution in [0.25, 0.3) is 0 Å². The van der Waals surface area contributed by atoms with Gasteiger partial charge in [0.15, 0.2) is 0 Å². The smallest absolute Gasteiger partial charge is 0.254 e. The lowest BCUT2D eigenvalue weighted by Gasteiger charge is -2.29. The number of allylic oxidation sites excluding steroid dienone is 7. The molecule has 2 heterocycles. The third kappa shape index (κ3) is 4.88. The van der Waals surface area contributed by atoms with Gasteiger partial charge in [-0.25, -0.2) is 0 Å². The van der Waals surface area contributed by atoms with E-state index in [0.29, 0.717) is 60.1 Å². The van der Waals surface area contributed by atoms with Crippen LogP contribution in [0.4, 0.5) is 16.4 Å². The summed E-state index contributed by atoms with van der Waals surface area (Å²) in [6, 6.07) is 16.6. The summed E-state index contributed by atoms with van der Waals surface area (Å²) in [6.45, 7) is 1.84. The molecule has 4 N–H and O–H groups in total. The summed E-state index contributed by atoms with van der Waals surface area (Å²) in [5.74, 6) is -1.04. The van der Waals surface area contributed by atoms with Crippen LogP contribution in [0.3, 0.4) is 0 Å². The zero-order chi connectivity index (χ0) is 26.1. The highest BCUT2D eigenvalue weighted by Gasteiger charge is 2.38. The number of hydrogen-bond donors (Lipinski definition) is 3. The average Bonchev–Trinajstić information content (AvgIpc) is 3.05. The molecule has 37 heavy (non-hydrogen) atoms. The number of nitrogen functional groups attached to an aromatic ring is 1. The van der Waals surface area contributed by atoms with Crippen molar-refractivity contribution < 1.29 is 9.59 Å². The van der Waals surface area contributed by atoms with Crippen LogP contribution in [0.15, 0.2) is 101 Å². The minimum absolute atomic E-state index is 0.194. The highest BCUT2D eigenvalue weighted by molar-refractivity contribution is 7.19. The lowest BCUT2D eigenvalue weighted by Crippen LogP contribution is -2.27. The number of Topliss-reactive ketones (excluding diaryl/α,β-unsaturated/α-hetero) is 1. The van der Waals surface area contributed by atoms with Crippen LogP contribution in [0.5, 0.6) is 0 Å². The van der Waals surface area contributed by atoms with Crippen LogP contribution < -0.4 is 16.4 Å². The van der Waals surface area contributed by atoms with Gasteiger partial charge >= 0.3 is 0 Å². The maximum atomic E-state index is 13.7. The van der Waals surface area contributed by atoms with Gasteiger partial charge in [0.05, 0.1) is 10.7 Å². The molecule has 1 aromatic heterocycles. The maximum Gasteiger partial charge on any atom is 0.254 e. The molecule has 0 spiro atoms. The second-order valence-electron chi connectivity index (χ2n) is 8.67. The number of hydrogen-bond acceptors (Lipinski definition) is 5. The summed E-state index contributed by atoms with van der Waals surface area (Å²) < 4.78 is 0. The summed E-state index contributed by atoms with van der Waals surface area (Å²) in [5.41, 5.74) is 10.8. The van der Waals surface area contributed by atoms with Gasteiger partial charge < -0.3 is 16.4 Å². The first-order valence-electron chi connectivity index (χ1n) is 11.6. The highest BCUT2D eigenvalue weighted by atomic mass is 35.5. The topological polar surface area (TPSA) is 84.2 Å². The molecule has 8 heteroatoms. The molecule has 0 bridgehead atoms. The van der Waals surface area contributed by atoms with Gasteiger partial charge in [0.1, 0.15) is 4.88 Å². The van der Waals surface area contributed by atoms with Crippen molar-refractivity contribution in [1.82, 2.24) is 0 Å². The Morgan fingerprint density at radius 3 is 2.51 bits per heavy atom. The van der Waals surface area contributed by atoms with Crippen LogP contribution in [0.1, 0.15) is 40.1 Å². The van der Waals surface area contributed by atoms with E-state index >= 15 is 0 Å². The van der Waals surface area contributed by atoms with E-state index in [2.05, 4.69) is 10.6 Å². The predicted octanol–water partition coefficient (Wildman–Crippen LogP) is 7.65. The normalized spacial score (nSPS) is 16.8. The second kappa shape index (κ2) is 10.4. The molecule has 0 radical (unpaired) electrons. The SMILES string of the molecule is CC1=C(C(=O)Nc2ccccc2)C(c2ccccc2Cl)c2c(sc(C(=O)C3=CCC=C(Cl)C=C3)c2N)N1. The van der Waals surface area contributed by atoms with Crippen molar-refractivity contribution in [1.29, 1.82) is 0 Å². The van der Waals surface area contributed by atoms with E-state index in [9.17, 15) is 9.59 Å². The van der Waals surface area contributed by atoms with Crippen molar-refractivity contribution in [3.05, 3.63) is 122 Å². The Kier molecular flexibility index (Phi) is 7.07. The summed E-state index contributed by atoms with van der Waals surface area (Å²) in [6.07, 6.45) is 7.61. The molecule has 1 aliphatic carbocycles. The summed E-state index contributed by atoms with van der Waals surface area (Å²) in [4.78, 5) is 27.6. The number of thiophene rings is 1. The molecule has 1 unspecified atom stereocenters. The van der Waals surface area contributed by atoms with Gasteiger partial charge in [-0.1, -0.05) is 71.8 Å². The number of amides is 1. The summed E-state index contributed by atoms with van der Waals surface area (Å²) in [5, 5.41) is 8.11. The molecule has 2 aromatic carbocycles. The number of para-hydroxylation sites is 1. The second-order valence-corrected chi connectivity index (χ2v) is 10.5. The Balaban J connectivity index is 1.61. The van der Waals surface area contributed by atoms with Crippen molar-refractivity contribution in [3.8, 4) is 0 Å². The first kappa shape index (κ1) is 25.1. The maximum absolute atomic E-state index is 13.7. The fraction of sp³-hybridized carbons (Fsp3) is 0.103. The number of carbonyl (C=O) groups excluding carboxylic acids is 2. The predicted molar refractivity (Wildman–Crippen MR) is 154 cm³/mol. The molecular weight excluding hydrogens is 525 g/mol. The molecule has 3 aromatic rings. The Bertz CT molecular complexity index is 1530. The molecule has 5 nitrogen and oxygen atoms in total. The van der Waals surface area contributed by atoms with Crippen LogP contribution in [-0.4, -0.2) is 11.7 Å². The average molecular weight is 548 g/mol. The van der Waals surface area contributed by atoms with Gasteiger partial charge in [-0.3, -0.25) is 9.59 Å². The Hall–Kier alpha value is -3.58. The van der Waals surface area contributed by atoms with Crippen molar-refractivity contribution >= 4 is 62.6 Å². The van der Waals surface area contributed by atoms with Gasteiger partial charge in [-0.05, 0) is 49.3 Å². The van der Waals surface area contributed by atoms with E-state index in [1.807, 2.05) is 67.6 Å². The van der Waals surface area contributed by atoms with Crippen LogP contribution in [0, 0.1) is 0 Å². The third-order valence-electron chi connectivity index (χ3n) is 6.30. The van der Waals surface area contributed by atoms with Crippen molar-refractivity contribution in [2.75, 3.05) is 16.4 Å². The molecule has 0 fully saturated rings. The first-order chi connectivity index (χ1) is 17.8. The lowest BCUT2D eigenvalue weighted by atomic mass is 9.81. The summed E-state index contributed by atoms with van der Waals surface area (Å²) >= 11 is 14.1. The Labute approximate surface area is 229 Å². The number of rotatable bonds is 5. The Morgan fingerprint density at radius 2 is 1.76 bits per heavy atom. The van der Waals surface area contributed by atoms with Crippen molar-refractivity contribution in [2.24, 2.45) is 0 Å². The molecular formula is C29H23Cl2N3O2S. The number of carbonyl (C=O) groups is 2. The van der Waals surface area contributed by atoms with E-state index in [1.54, 1.807) is 18.2 Å². The van der Waals surface area contributed by atoms with E-state index in [-0.39, 0.29) is 11.7 Å². The van der Waals surface area contributed by atoms with Crippen LogP contribution in [0.2, 0.25) is 5.02 Å².